The van der Waals surface area contributed by atoms with E-state index in [1.54, 1.807) is 0 Å². The summed E-state index contributed by atoms with van der Waals surface area (Å²) >= 11 is 2.63. The highest BCUT2D eigenvalue weighted by Crippen LogP contribution is 2.37. The number of rotatable bonds is 2. The fraction of sp³-hybridized carbons (Fsp3) is 0.300. The van der Waals surface area contributed by atoms with Gasteiger partial charge in [-0.2, -0.15) is 13.2 Å². The van der Waals surface area contributed by atoms with Gasteiger partial charge in [-0.05, 0) is 19.1 Å². The highest BCUT2D eigenvalue weighted by Gasteiger charge is 2.33. The lowest BCUT2D eigenvalue weighted by Crippen LogP contribution is -2.10. The number of carbonyl (C=O) groups excluding carboxylic acids is 1. The molecule has 0 aliphatic carbocycles. The van der Waals surface area contributed by atoms with Crippen LogP contribution in [-0.4, -0.2) is 5.78 Å². The molecule has 0 fully saturated rings. The second-order valence-electron chi connectivity index (χ2n) is 3.27. The maximum Gasteiger partial charge on any atom is 0.416 e. The molecule has 0 unspecified atom stereocenters. The second kappa shape index (κ2) is 4.72. The Morgan fingerprint density at radius 1 is 1.29 bits per heavy atom. The zero-order chi connectivity index (χ0) is 13.4. The predicted molar refractivity (Wildman–Crippen MR) is 54.1 cm³/mol. The quantitative estimate of drug-likeness (QED) is 0.575. The largest absolute Gasteiger partial charge is 0.416 e. The summed E-state index contributed by atoms with van der Waals surface area (Å²) in [6, 6.07) is 0.975. The van der Waals surface area contributed by atoms with E-state index in [-0.39, 0.29) is 0 Å². The minimum atomic E-state index is -4.69. The molecule has 0 aliphatic rings. The van der Waals surface area contributed by atoms with Gasteiger partial charge in [-0.15, -0.1) is 0 Å². The summed E-state index contributed by atoms with van der Waals surface area (Å²) in [6.07, 6.45) is -7.71. The van der Waals surface area contributed by atoms with Gasteiger partial charge >= 0.3 is 6.18 Å². The topological polar surface area (TPSA) is 17.1 Å². The summed E-state index contributed by atoms with van der Waals surface area (Å²) in [5.41, 5.74) is -2.48. The van der Waals surface area contributed by atoms with Crippen LogP contribution < -0.4 is 0 Å². The van der Waals surface area contributed by atoms with Crippen LogP contribution in [-0.2, 0) is 6.18 Å². The molecule has 0 saturated carbocycles. The summed E-state index contributed by atoms with van der Waals surface area (Å²) < 4.78 is 62.1. The van der Waals surface area contributed by atoms with Crippen LogP contribution >= 0.6 is 15.9 Å². The maximum atomic E-state index is 12.6. The van der Waals surface area contributed by atoms with E-state index in [4.69, 9.17) is 0 Å². The number of alkyl halides is 5. The van der Waals surface area contributed by atoms with E-state index < -0.39 is 39.5 Å². The summed E-state index contributed by atoms with van der Waals surface area (Å²) in [5.74, 6) is -0.841. The molecule has 0 N–H and O–H groups in total. The zero-order valence-electron chi connectivity index (χ0n) is 8.41. The van der Waals surface area contributed by atoms with Crippen molar-refractivity contribution in [2.75, 3.05) is 0 Å². The first kappa shape index (κ1) is 14.1. The van der Waals surface area contributed by atoms with Crippen LogP contribution in [0, 0.1) is 0 Å². The SMILES string of the molecule is CC(=O)c1cc(C(F)(F)F)cc(Br)c1C(F)F. The first-order valence-corrected chi connectivity index (χ1v) is 5.13. The van der Waals surface area contributed by atoms with Crippen molar-refractivity contribution in [1.29, 1.82) is 0 Å². The molecule has 0 atom stereocenters. The van der Waals surface area contributed by atoms with Crippen LogP contribution in [0.3, 0.4) is 0 Å². The molecule has 1 aromatic rings. The number of hydrogen-bond acceptors (Lipinski definition) is 1. The van der Waals surface area contributed by atoms with Crippen LogP contribution in [0.25, 0.3) is 0 Å². The van der Waals surface area contributed by atoms with E-state index in [0.29, 0.717) is 12.1 Å². The third-order valence-electron chi connectivity index (χ3n) is 2.05. The molecule has 0 amide bonds. The van der Waals surface area contributed by atoms with Crippen molar-refractivity contribution in [2.45, 2.75) is 19.5 Å². The molecule has 0 aromatic heterocycles. The molecule has 1 aromatic carbocycles. The van der Waals surface area contributed by atoms with Gasteiger partial charge in [0.1, 0.15) is 0 Å². The summed E-state index contributed by atoms with van der Waals surface area (Å²) in [5, 5.41) is 0. The van der Waals surface area contributed by atoms with E-state index in [9.17, 15) is 26.7 Å². The van der Waals surface area contributed by atoms with Gasteiger partial charge in [-0.25, -0.2) is 8.78 Å². The smallest absolute Gasteiger partial charge is 0.294 e. The Hall–Kier alpha value is -0.980. The fourth-order valence-corrected chi connectivity index (χ4v) is 1.93. The average Bonchev–Trinajstić information content (AvgIpc) is 2.13. The molecule has 1 nitrogen and oxygen atoms in total. The molecule has 94 valence electrons. The van der Waals surface area contributed by atoms with Gasteiger partial charge in [-0.3, -0.25) is 4.79 Å². The van der Waals surface area contributed by atoms with E-state index in [1.807, 2.05) is 0 Å². The van der Waals surface area contributed by atoms with E-state index in [2.05, 4.69) is 15.9 Å². The molecule has 0 radical (unpaired) electrons. The average molecular weight is 317 g/mol. The molecule has 0 spiro atoms. The van der Waals surface area contributed by atoms with Crippen molar-refractivity contribution in [1.82, 2.24) is 0 Å². The molecule has 0 heterocycles. The Balaban J connectivity index is 3.53. The number of halogens is 6. The molecule has 0 saturated heterocycles. The van der Waals surface area contributed by atoms with Crippen LogP contribution in [0.2, 0.25) is 0 Å². The van der Waals surface area contributed by atoms with Gasteiger partial charge in [0.15, 0.2) is 5.78 Å². The highest BCUT2D eigenvalue weighted by atomic mass is 79.9. The van der Waals surface area contributed by atoms with Crippen molar-refractivity contribution < 1.29 is 26.7 Å². The van der Waals surface area contributed by atoms with E-state index >= 15 is 0 Å². The Kier molecular flexibility index (Phi) is 3.91. The lowest BCUT2D eigenvalue weighted by molar-refractivity contribution is -0.137. The molecule has 17 heavy (non-hydrogen) atoms. The summed E-state index contributed by atoms with van der Waals surface area (Å²) in [4.78, 5) is 11.1. The number of Topliss-reactive ketones (excluding diaryl/α,β-unsaturated/α-hetero) is 1. The normalized spacial score (nSPS) is 12.0. The Labute approximate surface area is 102 Å². The fourth-order valence-electron chi connectivity index (χ4n) is 1.29. The standard InChI is InChI=1S/C10H6BrF5O/c1-4(17)6-2-5(10(14,15)16)3-7(11)8(6)9(12)13/h2-3,9H,1H3. The lowest BCUT2D eigenvalue weighted by atomic mass is 10.0. The van der Waals surface area contributed by atoms with Gasteiger partial charge in [0.25, 0.3) is 6.43 Å². The van der Waals surface area contributed by atoms with Crippen LogP contribution in [0.5, 0.6) is 0 Å². The Morgan fingerprint density at radius 2 is 1.82 bits per heavy atom. The molecule has 0 bridgehead atoms. The molecular weight excluding hydrogens is 311 g/mol. The van der Waals surface area contributed by atoms with Crippen molar-refractivity contribution >= 4 is 21.7 Å². The molecular formula is C10H6BrF5O. The van der Waals surface area contributed by atoms with Crippen molar-refractivity contribution in [3.8, 4) is 0 Å². The number of hydrogen-bond donors (Lipinski definition) is 0. The molecule has 7 heteroatoms. The Bertz CT molecular complexity index is 453. The van der Waals surface area contributed by atoms with Crippen molar-refractivity contribution in [3.63, 3.8) is 0 Å². The number of carbonyl (C=O) groups is 1. The van der Waals surface area contributed by atoms with E-state index in [0.717, 1.165) is 6.92 Å². The number of ketones is 1. The third-order valence-corrected chi connectivity index (χ3v) is 2.71. The second-order valence-corrected chi connectivity index (χ2v) is 4.13. The highest BCUT2D eigenvalue weighted by molar-refractivity contribution is 9.10. The maximum absolute atomic E-state index is 12.6. The number of benzene rings is 1. The minimum absolute atomic E-state index is 0.424. The lowest BCUT2D eigenvalue weighted by Gasteiger charge is -2.13. The summed E-state index contributed by atoms with van der Waals surface area (Å²) in [6.45, 7) is 0.938. The molecule has 1 rings (SSSR count). The molecule has 0 aliphatic heterocycles. The monoisotopic (exact) mass is 316 g/mol. The summed E-state index contributed by atoms with van der Waals surface area (Å²) in [7, 11) is 0. The van der Waals surface area contributed by atoms with Gasteiger partial charge in [0.05, 0.1) is 5.56 Å². The van der Waals surface area contributed by atoms with Gasteiger partial charge in [-0.1, -0.05) is 15.9 Å². The first-order valence-electron chi connectivity index (χ1n) is 4.34. The van der Waals surface area contributed by atoms with Crippen molar-refractivity contribution in [3.05, 3.63) is 33.3 Å². The first-order chi connectivity index (χ1) is 7.64. The van der Waals surface area contributed by atoms with Crippen LogP contribution in [0.15, 0.2) is 16.6 Å². The van der Waals surface area contributed by atoms with Gasteiger partial charge < -0.3 is 0 Å². The van der Waals surface area contributed by atoms with E-state index in [1.165, 1.54) is 0 Å². The Morgan fingerprint density at radius 3 is 2.18 bits per heavy atom. The van der Waals surface area contributed by atoms with Crippen LogP contribution in [0.4, 0.5) is 22.0 Å². The predicted octanol–water partition coefficient (Wildman–Crippen LogP) is 4.61. The van der Waals surface area contributed by atoms with Crippen LogP contribution in [0.1, 0.15) is 34.8 Å². The van der Waals surface area contributed by atoms with Gasteiger partial charge in [0.2, 0.25) is 0 Å². The zero-order valence-corrected chi connectivity index (χ0v) is 9.99. The van der Waals surface area contributed by atoms with Gasteiger partial charge in [0, 0.05) is 15.6 Å². The minimum Gasteiger partial charge on any atom is -0.294 e. The van der Waals surface area contributed by atoms with Crippen molar-refractivity contribution in [2.24, 2.45) is 0 Å². The third kappa shape index (κ3) is 3.02.